The Balaban J connectivity index is 1.32. The van der Waals surface area contributed by atoms with Crippen LogP contribution in [0.15, 0.2) is 161 Å². The molecule has 5 heteroatoms. The number of hydrogen-bond donors (Lipinski definition) is 0. The molecule has 0 atom stereocenters. The summed E-state index contributed by atoms with van der Waals surface area (Å²) in [5.41, 5.74) is 11.6. The summed E-state index contributed by atoms with van der Waals surface area (Å²) < 4.78 is 5.32. The van der Waals surface area contributed by atoms with Gasteiger partial charge in [0.05, 0.1) is 11.0 Å². The quantitative estimate of drug-likeness (QED) is 0.179. The summed E-state index contributed by atoms with van der Waals surface area (Å²) in [6, 6.07) is 56.0. The average Bonchev–Trinajstić information content (AvgIpc) is 3.67. The SMILES string of the molecule is c1ccc(N(c2ccccc2)c2cc3c4c(c2)-n2c5ccccc5c5c6sc7ccccc7c6cc(c52)B4c2ccccc2S3)cc1. The highest BCUT2D eigenvalue weighted by Crippen LogP contribution is 2.47. The van der Waals surface area contributed by atoms with Gasteiger partial charge in [-0.05, 0) is 65.5 Å². The lowest BCUT2D eigenvalue weighted by molar-refractivity contribution is 1.16. The maximum absolute atomic E-state index is 2.59. The number of hydrogen-bond acceptors (Lipinski definition) is 3. The zero-order valence-electron chi connectivity index (χ0n) is 25.2. The third-order valence-electron chi connectivity index (χ3n) is 9.99. The van der Waals surface area contributed by atoms with Crippen LogP contribution < -0.4 is 21.3 Å². The van der Waals surface area contributed by atoms with Crippen molar-refractivity contribution in [2.75, 3.05) is 4.90 Å². The molecule has 0 saturated heterocycles. The molecule has 218 valence electrons. The lowest BCUT2D eigenvalue weighted by Gasteiger charge is -2.35. The fourth-order valence-electron chi connectivity index (χ4n) is 8.13. The number of benzene rings is 7. The van der Waals surface area contributed by atoms with Crippen LogP contribution >= 0.6 is 23.1 Å². The molecule has 9 aromatic rings. The van der Waals surface area contributed by atoms with E-state index in [-0.39, 0.29) is 6.71 Å². The molecule has 2 nitrogen and oxygen atoms in total. The average molecular weight is 633 g/mol. The number of nitrogens with zero attached hydrogens (tertiary/aromatic N) is 2. The molecule has 0 saturated carbocycles. The van der Waals surface area contributed by atoms with E-state index in [1.54, 1.807) is 0 Å². The van der Waals surface area contributed by atoms with Gasteiger partial charge in [-0.1, -0.05) is 114 Å². The molecule has 0 bridgehead atoms. The Morgan fingerprint density at radius 2 is 1.21 bits per heavy atom. The van der Waals surface area contributed by atoms with Gasteiger partial charge >= 0.3 is 0 Å². The molecule has 2 aromatic heterocycles. The van der Waals surface area contributed by atoms with E-state index in [4.69, 9.17) is 0 Å². The van der Waals surface area contributed by atoms with Crippen LogP contribution in [0, 0.1) is 0 Å². The van der Waals surface area contributed by atoms with Gasteiger partial charge in [0.2, 0.25) is 6.71 Å². The van der Waals surface area contributed by atoms with Crippen LogP contribution in [0.1, 0.15) is 0 Å². The summed E-state index contributed by atoms with van der Waals surface area (Å²) in [5.74, 6) is 0. The number of rotatable bonds is 3. The molecule has 2 aliphatic heterocycles. The molecule has 0 N–H and O–H groups in total. The molecule has 0 aliphatic carbocycles. The van der Waals surface area contributed by atoms with Crippen molar-refractivity contribution < 1.29 is 0 Å². The third kappa shape index (κ3) is 3.53. The van der Waals surface area contributed by atoms with Gasteiger partial charge in [-0.3, -0.25) is 0 Å². The van der Waals surface area contributed by atoms with E-state index < -0.39 is 0 Å². The van der Waals surface area contributed by atoms with E-state index in [0.717, 1.165) is 11.4 Å². The lowest BCUT2D eigenvalue weighted by Crippen LogP contribution is -2.58. The van der Waals surface area contributed by atoms with Gasteiger partial charge in [-0.25, -0.2) is 0 Å². The second-order valence-corrected chi connectivity index (χ2v) is 14.6. The van der Waals surface area contributed by atoms with E-state index >= 15 is 0 Å². The number of para-hydroxylation sites is 3. The minimum absolute atomic E-state index is 0.149. The first-order valence-corrected chi connectivity index (χ1v) is 17.7. The summed E-state index contributed by atoms with van der Waals surface area (Å²) >= 11 is 3.85. The predicted octanol–water partition coefficient (Wildman–Crippen LogP) is 9.92. The smallest absolute Gasteiger partial charge is 0.249 e. The highest BCUT2D eigenvalue weighted by atomic mass is 32.2. The third-order valence-corrected chi connectivity index (χ3v) is 12.3. The van der Waals surface area contributed by atoms with Crippen molar-refractivity contribution in [2.24, 2.45) is 0 Å². The Bertz CT molecular complexity index is 2690. The first-order chi connectivity index (χ1) is 23.3. The Hall–Kier alpha value is -5.23. The minimum Gasteiger partial charge on any atom is -0.310 e. The molecule has 4 heterocycles. The van der Waals surface area contributed by atoms with Crippen molar-refractivity contribution in [2.45, 2.75) is 9.79 Å². The molecule has 0 spiro atoms. The minimum atomic E-state index is 0.149. The van der Waals surface area contributed by atoms with Gasteiger partial charge in [0.15, 0.2) is 0 Å². The number of aromatic nitrogens is 1. The van der Waals surface area contributed by atoms with Gasteiger partial charge in [0, 0.05) is 63.5 Å². The van der Waals surface area contributed by atoms with Gasteiger partial charge in [-0.2, -0.15) is 0 Å². The molecule has 2 aliphatic rings. The summed E-state index contributed by atoms with van der Waals surface area (Å²) in [6.45, 7) is 0.149. The molecule has 7 aromatic carbocycles. The summed E-state index contributed by atoms with van der Waals surface area (Å²) in [5, 5.41) is 5.42. The molecule has 0 amide bonds. The monoisotopic (exact) mass is 632 g/mol. The lowest BCUT2D eigenvalue weighted by atomic mass is 9.35. The fraction of sp³-hybridized carbons (Fsp3) is 0. The normalized spacial score (nSPS) is 13.0. The Morgan fingerprint density at radius 3 is 2.02 bits per heavy atom. The van der Waals surface area contributed by atoms with Gasteiger partial charge < -0.3 is 9.47 Å². The Labute approximate surface area is 280 Å². The van der Waals surface area contributed by atoms with Gasteiger partial charge in [0.1, 0.15) is 0 Å². The summed E-state index contributed by atoms with van der Waals surface area (Å²) in [4.78, 5) is 5.07. The van der Waals surface area contributed by atoms with E-state index in [0.29, 0.717) is 0 Å². The highest BCUT2D eigenvalue weighted by Gasteiger charge is 2.40. The zero-order valence-corrected chi connectivity index (χ0v) is 26.9. The van der Waals surface area contributed by atoms with E-state index in [2.05, 4.69) is 161 Å². The Kier molecular flexibility index (Phi) is 5.32. The zero-order chi connectivity index (χ0) is 30.6. The van der Waals surface area contributed by atoms with Crippen molar-refractivity contribution in [3.8, 4) is 5.69 Å². The number of thiophene rings is 1. The van der Waals surface area contributed by atoms with E-state index in [9.17, 15) is 0 Å². The van der Waals surface area contributed by atoms with Crippen LogP contribution in [0.25, 0.3) is 47.7 Å². The van der Waals surface area contributed by atoms with Crippen molar-refractivity contribution in [1.29, 1.82) is 0 Å². The molecular weight excluding hydrogens is 607 g/mol. The standard InChI is InChI=1S/C42H25BN2S2/c1-3-13-26(14-4-1)44(27-15-5-2-6-16-27)28-23-35-40-38(24-28)46-37-22-12-9-19-32(37)43(40)33-25-31-29-17-8-11-21-36(29)47-42(31)39-30-18-7-10-20-34(30)45(35)41(33)39/h1-25H. The van der Waals surface area contributed by atoms with Crippen LogP contribution in [0.5, 0.6) is 0 Å². The topological polar surface area (TPSA) is 8.17 Å². The maximum atomic E-state index is 2.59. The van der Waals surface area contributed by atoms with Gasteiger partial charge in [-0.15, -0.1) is 11.3 Å². The first-order valence-electron chi connectivity index (χ1n) is 16.1. The largest absolute Gasteiger partial charge is 0.310 e. The van der Waals surface area contributed by atoms with Crippen molar-refractivity contribution in [1.82, 2.24) is 4.57 Å². The molecule has 47 heavy (non-hydrogen) atoms. The van der Waals surface area contributed by atoms with Crippen LogP contribution in [0.2, 0.25) is 0 Å². The van der Waals surface area contributed by atoms with Crippen LogP contribution in [-0.4, -0.2) is 11.3 Å². The fourth-order valence-corrected chi connectivity index (χ4v) is 10.6. The molecule has 0 radical (unpaired) electrons. The van der Waals surface area contributed by atoms with Crippen molar-refractivity contribution >= 4 is 105 Å². The van der Waals surface area contributed by atoms with Crippen molar-refractivity contribution in [3.05, 3.63) is 152 Å². The predicted molar refractivity (Wildman–Crippen MR) is 204 cm³/mol. The maximum Gasteiger partial charge on any atom is 0.249 e. The van der Waals surface area contributed by atoms with Crippen molar-refractivity contribution in [3.63, 3.8) is 0 Å². The second kappa shape index (κ2) is 9.65. The van der Waals surface area contributed by atoms with Gasteiger partial charge in [0.25, 0.3) is 0 Å². The van der Waals surface area contributed by atoms with E-state index in [1.165, 1.54) is 79.5 Å². The summed E-state index contributed by atoms with van der Waals surface area (Å²) in [7, 11) is 0. The highest BCUT2D eigenvalue weighted by molar-refractivity contribution is 8.00. The molecule has 0 unspecified atom stereocenters. The number of anilines is 3. The number of fused-ring (bicyclic) bond motifs is 11. The van der Waals surface area contributed by atoms with Crippen LogP contribution in [-0.2, 0) is 0 Å². The van der Waals surface area contributed by atoms with E-state index in [1.807, 2.05) is 23.1 Å². The molecule has 0 fully saturated rings. The molecular formula is C42H25BN2S2. The summed E-state index contributed by atoms with van der Waals surface area (Å²) in [6.07, 6.45) is 0. The second-order valence-electron chi connectivity index (χ2n) is 12.5. The van der Waals surface area contributed by atoms with Crippen LogP contribution in [0.4, 0.5) is 17.1 Å². The molecule has 11 rings (SSSR count). The van der Waals surface area contributed by atoms with Crippen LogP contribution in [0.3, 0.4) is 0 Å². The Morgan fingerprint density at radius 1 is 0.532 bits per heavy atom. The first kappa shape index (κ1) is 25.9.